The number of carbonyl (C=O) groups is 1. The van der Waals surface area contributed by atoms with Crippen molar-refractivity contribution in [3.05, 3.63) is 40.2 Å². The Bertz CT molecular complexity index is 730. The minimum Gasteiger partial charge on any atom is -0.348 e. The van der Waals surface area contributed by atoms with E-state index in [0.29, 0.717) is 5.39 Å². The Kier molecular flexibility index (Phi) is 3.73. The van der Waals surface area contributed by atoms with Crippen LogP contribution in [-0.4, -0.2) is 21.7 Å². The first kappa shape index (κ1) is 13.8. The molecule has 21 heavy (non-hydrogen) atoms. The molecule has 0 spiro atoms. The molecule has 0 radical (unpaired) electrons. The molecule has 110 valence electrons. The topological polar surface area (TPSA) is 64.0 Å². The largest absolute Gasteiger partial charge is 0.348 e. The molecule has 1 saturated carbocycles. The van der Waals surface area contributed by atoms with Crippen LogP contribution in [0.15, 0.2) is 29.1 Å². The Morgan fingerprint density at radius 1 is 1.24 bits per heavy atom. The summed E-state index contributed by atoms with van der Waals surface area (Å²) in [5, 5.41) is 7.64. The van der Waals surface area contributed by atoms with E-state index in [2.05, 4.69) is 10.4 Å². The van der Waals surface area contributed by atoms with Crippen LogP contribution in [0.4, 0.5) is 0 Å². The fourth-order valence-corrected chi connectivity index (χ4v) is 2.97. The Morgan fingerprint density at radius 3 is 2.71 bits per heavy atom. The Balaban J connectivity index is 1.94. The third kappa shape index (κ3) is 2.68. The maximum Gasteiger partial charge on any atom is 0.276 e. The maximum absolute atomic E-state index is 12.4. The van der Waals surface area contributed by atoms with Gasteiger partial charge < -0.3 is 5.32 Å². The maximum atomic E-state index is 12.4. The molecular weight excluding hydrogens is 266 g/mol. The van der Waals surface area contributed by atoms with Crippen LogP contribution in [0.1, 0.15) is 42.6 Å². The zero-order valence-corrected chi connectivity index (χ0v) is 12.1. The fraction of sp³-hybridized carbons (Fsp3) is 0.438. The summed E-state index contributed by atoms with van der Waals surface area (Å²) < 4.78 is 1.59. The molecule has 1 N–H and O–H groups in total. The van der Waals surface area contributed by atoms with Crippen molar-refractivity contribution in [1.29, 1.82) is 0 Å². The van der Waals surface area contributed by atoms with E-state index in [0.717, 1.165) is 31.2 Å². The van der Waals surface area contributed by atoms with Gasteiger partial charge in [0.15, 0.2) is 5.69 Å². The number of fused-ring (bicyclic) bond motifs is 1. The molecule has 1 aliphatic rings. The molecule has 1 aliphatic carbocycles. The van der Waals surface area contributed by atoms with Crippen molar-refractivity contribution in [2.45, 2.75) is 38.1 Å². The second-order valence-corrected chi connectivity index (χ2v) is 5.63. The summed E-state index contributed by atoms with van der Waals surface area (Å²) in [7, 11) is 1.75. The molecule has 0 atom stereocenters. The van der Waals surface area contributed by atoms with E-state index in [1.54, 1.807) is 23.9 Å². The normalized spacial score (nSPS) is 16.0. The highest BCUT2D eigenvalue weighted by atomic mass is 16.2. The van der Waals surface area contributed by atoms with Crippen LogP contribution in [0.3, 0.4) is 0 Å². The van der Waals surface area contributed by atoms with Crippen molar-refractivity contribution in [2.75, 3.05) is 0 Å². The van der Waals surface area contributed by atoms with Gasteiger partial charge in [0.1, 0.15) is 0 Å². The van der Waals surface area contributed by atoms with Crippen LogP contribution < -0.4 is 10.7 Å². The number of nitrogens with zero attached hydrogens (tertiary/aromatic N) is 2. The molecule has 1 heterocycles. The van der Waals surface area contributed by atoms with Crippen molar-refractivity contribution in [3.63, 3.8) is 0 Å². The van der Waals surface area contributed by atoms with Gasteiger partial charge in [-0.1, -0.05) is 31.4 Å². The molecule has 3 rings (SSSR count). The van der Waals surface area contributed by atoms with Gasteiger partial charge >= 0.3 is 0 Å². The van der Waals surface area contributed by atoms with Crippen molar-refractivity contribution >= 4 is 16.8 Å². The van der Waals surface area contributed by atoms with E-state index >= 15 is 0 Å². The van der Waals surface area contributed by atoms with Crippen LogP contribution in [-0.2, 0) is 7.05 Å². The molecule has 2 aromatic rings. The van der Waals surface area contributed by atoms with Crippen molar-refractivity contribution in [2.24, 2.45) is 7.05 Å². The Labute approximate surface area is 123 Å². The van der Waals surface area contributed by atoms with Gasteiger partial charge in [0.25, 0.3) is 5.91 Å². The van der Waals surface area contributed by atoms with E-state index in [9.17, 15) is 9.59 Å². The van der Waals surface area contributed by atoms with Crippen LogP contribution in [0.5, 0.6) is 0 Å². The summed E-state index contributed by atoms with van der Waals surface area (Å²) in [6, 6.07) is 7.38. The minimum absolute atomic E-state index is 0.0122. The number of benzene rings is 1. The lowest BCUT2D eigenvalue weighted by Crippen LogP contribution is -2.39. The predicted molar refractivity (Wildman–Crippen MR) is 81.3 cm³/mol. The van der Waals surface area contributed by atoms with Gasteiger partial charge in [0.05, 0.1) is 5.52 Å². The van der Waals surface area contributed by atoms with Gasteiger partial charge in [-0.25, -0.2) is 0 Å². The molecule has 5 heteroatoms. The lowest BCUT2D eigenvalue weighted by atomic mass is 9.95. The number of carbonyl (C=O) groups excluding carboxylic acids is 1. The van der Waals surface area contributed by atoms with Gasteiger partial charge in [-0.2, -0.15) is 5.10 Å². The molecule has 0 saturated heterocycles. The zero-order valence-electron chi connectivity index (χ0n) is 12.1. The summed E-state index contributed by atoms with van der Waals surface area (Å²) in [5.74, 6) is -0.353. The molecule has 0 unspecified atom stereocenters. The Hall–Kier alpha value is -2.17. The van der Waals surface area contributed by atoms with E-state index in [1.165, 1.54) is 6.42 Å². The lowest BCUT2D eigenvalue weighted by Gasteiger charge is -2.22. The standard InChI is InChI=1S/C16H19N3O2/c1-19-13-10-6-5-9-12(13)15(20)14(18-19)16(21)17-11-7-3-2-4-8-11/h5-6,9-11H,2-4,7-8H2,1H3,(H,17,21). The van der Waals surface area contributed by atoms with Crippen LogP contribution in [0, 0.1) is 0 Å². The molecule has 5 nitrogen and oxygen atoms in total. The molecular formula is C16H19N3O2. The highest BCUT2D eigenvalue weighted by molar-refractivity contribution is 5.95. The van der Waals surface area contributed by atoms with E-state index in [4.69, 9.17) is 0 Å². The van der Waals surface area contributed by atoms with Crippen molar-refractivity contribution < 1.29 is 4.79 Å². The van der Waals surface area contributed by atoms with Gasteiger partial charge in [-0.15, -0.1) is 0 Å². The highest BCUT2D eigenvalue weighted by Gasteiger charge is 2.21. The van der Waals surface area contributed by atoms with E-state index in [-0.39, 0.29) is 23.1 Å². The van der Waals surface area contributed by atoms with Crippen LogP contribution in [0.2, 0.25) is 0 Å². The average molecular weight is 285 g/mol. The average Bonchev–Trinajstić information content (AvgIpc) is 2.52. The summed E-state index contributed by atoms with van der Waals surface area (Å²) >= 11 is 0. The zero-order chi connectivity index (χ0) is 14.8. The van der Waals surface area contributed by atoms with Gasteiger partial charge in [0.2, 0.25) is 5.43 Å². The van der Waals surface area contributed by atoms with Crippen LogP contribution in [0.25, 0.3) is 10.9 Å². The molecule has 1 amide bonds. The second-order valence-electron chi connectivity index (χ2n) is 5.63. The summed E-state index contributed by atoms with van der Waals surface area (Å²) in [6.07, 6.45) is 5.46. The third-order valence-corrected chi connectivity index (χ3v) is 4.12. The number of amides is 1. The van der Waals surface area contributed by atoms with Gasteiger partial charge in [-0.3, -0.25) is 14.3 Å². The van der Waals surface area contributed by atoms with Crippen LogP contribution >= 0.6 is 0 Å². The number of hydrogen-bond donors (Lipinski definition) is 1. The smallest absolute Gasteiger partial charge is 0.276 e. The Morgan fingerprint density at radius 2 is 1.95 bits per heavy atom. The molecule has 0 aliphatic heterocycles. The second kappa shape index (κ2) is 5.68. The van der Waals surface area contributed by atoms with E-state index in [1.807, 2.05) is 12.1 Å². The third-order valence-electron chi connectivity index (χ3n) is 4.12. The first-order valence-electron chi connectivity index (χ1n) is 7.44. The van der Waals surface area contributed by atoms with Gasteiger partial charge in [-0.05, 0) is 25.0 Å². The minimum atomic E-state index is -0.353. The van der Waals surface area contributed by atoms with Crippen molar-refractivity contribution in [1.82, 2.24) is 15.1 Å². The summed E-state index contributed by atoms with van der Waals surface area (Å²) in [4.78, 5) is 24.8. The summed E-state index contributed by atoms with van der Waals surface area (Å²) in [5.41, 5.74) is 0.426. The number of aromatic nitrogens is 2. The molecule has 1 fully saturated rings. The number of aryl methyl sites for hydroxylation is 1. The van der Waals surface area contributed by atoms with Crippen molar-refractivity contribution in [3.8, 4) is 0 Å². The fourth-order valence-electron chi connectivity index (χ4n) is 2.97. The molecule has 0 bridgehead atoms. The number of para-hydroxylation sites is 1. The number of hydrogen-bond acceptors (Lipinski definition) is 3. The predicted octanol–water partition coefficient (Wildman–Crippen LogP) is 2.00. The SMILES string of the molecule is Cn1nc(C(=O)NC2CCCCC2)c(=O)c2ccccc21. The monoisotopic (exact) mass is 285 g/mol. The number of rotatable bonds is 2. The molecule has 1 aromatic carbocycles. The quantitative estimate of drug-likeness (QED) is 0.918. The summed E-state index contributed by atoms with van der Waals surface area (Å²) in [6.45, 7) is 0. The number of nitrogens with one attached hydrogen (secondary N) is 1. The van der Waals surface area contributed by atoms with E-state index < -0.39 is 0 Å². The van der Waals surface area contributed by atoms with Gasteiger partial charge in [0, 0.05) is 18.5 Å². The first-order valence-corrected chi connectivity index (χ1v) is 7.44. The first-order chi connectivity index (χ1) is 10.2. The molecule has 1 aromatic heterocycles. The lowest BCUT2D eigenvalue weighted by molar-refractivity contribution is 0.0919. The highest BCUT2D eigenvalue weighted by Crippen LogP contribution is 2.17.